The molecule has 110 valence electrons. The van der Waals surface area contributed by atoms with Gasteiger partial charge >= 0.3 is 0 Å². The molecular formula is C16H24ClN3. The van der Waals surface area contributed by atoms with E-state index in [1.165, 1.54) is 36.9 Å². The van der Waals surface area contributed by atoms with Crippen LogP contribution in [-0.2, 0) is 12.8 Å². The Morgan fingerprint density at radius 2 is 2.00 bits per heavy atom. The number of nitrogens with one attached hydrogen (secondary N) is 1. The minimum Gasteiger partial charge on any atom is -0.363 e. The molecule has 2 aliphatic rings. The first kappa shape index (κ1) is 14.1. The van der Waals surface area contributed by atoms with E-state index in [1.54, 1.807) is 6.33 Å². The number of aryl methyl sites for hydroxylation is 1. The molecule has 0 saturated heterocycles. The summed E-state index contributed by atoms with van der Waals surface area (Å²) in [4.78, 5) is 8.97. The third kappa shape index (κ3) is 2.78. The van der Waals surface area contributed by atoms with Crippen LogP contribution in [0.5, 0.6) is 0 Å². The lowest BCUT2D eigenvalue weighted by molar-refractivity contribution is 0.286. The number of alkyl halides is 1. The number of nitrogens with zero attached hydrogens (tertiary/aromatic N) is 2. The van der Waals surface area contributed by atoms with E-state index in [9.17, 15) is 0 Å². The fourth-order valence-electron chi connectivity index (χ4n) is 3.49. The number of rotatable bonds is 3. The quantitative estimate of drug-likeness (QED) is 0.857. The average Bonchev–Trinajstić information content (AvgIpc) is 2.50. The van der Waals surface area contributed by atoms with Crippen LogP contribution in [-0.4, -0.2) is 21.4 Å². The van der Waals surface area contributed by atoms with Crippen molar-refractivity contribution in [1.29, 1.82) is 0 Å². The van der Waals surface area contributed by atoms with E-state index in [-0.39, 0.29) is 5.54 Å². The van der Waals surface area contributed by atoms with Crippen LogP contribution in [0.3, 0.4) is 0 Å². The van der Waals surface area contributed by atoms with E-state index in [0.29, 0.717) is 5.88 Å². The first-order valence-corrected chi connectivity index (χ1v) is 8.43. The fourth-order valence-corrected chi connectivity index (χ4v) is 3.82. The second-order valence-corrected chi connectivity index (χ2v) is 6.84. The van der Waals surface area contributed by atoms with Crippen molar-refractivity contribution in [3.05, 3.63) is 17.6 Å². The summed E-state index contributed by atoms with van der Waals surface area (Å²) in [7, 11) is 0. The second-order valence-electron chi connectivity index (χ2n) is 6.58. The van der Waals surface area contributed by atoms with E-state index in [1.807, 2.05) is 0 Å². The Balaban J connectivity index is 1.83. The first-order chi connectivity index (χ1) is 9.72. The maximum Gasteiger partial charge on any atom is 0.133 e. The van der Waals surface area contributed by atoms with Crippen LogP contribution in [0, 0.1) is 5.92 Å². The van der Waals surface area contributed by atoms with E-state index in [0.717, 1.165) is 37.4 Å². The summed E-state index contributed by atoms with van der Waals surface area (Å²) in [5.41, 5.74) is 2.61. The van der Waals surface area contributed by atoms with Crippen molar-refractivity contribution in [2.75, 3.05) is 11.2 Å². The molecule has 20 heavy (non-hydrogen) atoms. The maximum atomic E-state index is 6.31. The lowest BCUT2D eigenvalue weighted by atomic mass is 9.78. The number of hydrogen-bond acceptors (Lipinski definition) is 3. The predicted molar refractivity (Wildman–Crippen MR) is 83.4 cm³/mol. The van der Waals surface area contributed by atoms with Gasteiger partial charge in [-0.1, -0.05) is 6.92 Å². The van der Waals surface area contributed by atoms with Gasteiger partial charge in [0.25, 0.3) is 0 Å². The van der Waals surface area contributed by atoms with Gasteiger partial charge in [0.2, 0.25) is 0 Å². The van der Waals surface area contributed by atoms with Crippen LogP contribution in [0.1, 0.15) is 56.7 Å². The molecule has 0 aliphatic heterocycles. The minimum atomic E-state index is 0.0354. The summed E-state index contributed by atoms with van der Waals surface area (Å²) >= 11 is 6.31. The third-order valence-electron chi connectivity index (χ3n) is 5.00. The highest BCUT2D eigenvalue weighted by Crippen LogP contribution is 2.36. The molecule has 0 radical (unpaired) electrons. The van der Waals surface area contributed by atoms with E-state index in [2.05, 4.69) is 22.2 Å². The smallest absolute Gasteiger partial charge is 0.133 e. The molecule has 0 spiro atoms. The Morgan fingerprint density at radius 1 is 1.25 bits per heavy atom. The normalized spacial score (nSPS) is 29.8. The minimum absolute atomic E-state index is 0.0354. The van der Waals surface area contributed by atoms with Gasteiger partial charge in [0, 0.05) is 17.1 Å². The highest BCUT2D eigenvalue weighted by atomic mass is 35.5. The van der Waals surface area contributed by atoms with Crippen molar-refractivity contribution in [2.45, 2.75) is 63.8 Å². The number of halogens is 1. The number of hydrogen-bond donors (Lipinski definition) is 1. The molecule has 1 aromatic heterocycles. The van der Waals surface area contributed by atoms with Crippen molar-refractivity contribution < 1.29 is 0 Å². The summed E-state index contributed by atoms with van der Waals surface area (Å²) in [5.74, 6) is 2.54. The predicted octanol–water partition coefficient (Wildman–Crippen LogP) is 3.96. The van der Waals surface area contributed by atoms with Crippen LogP contribution < -0.4 is 5.32 Å². The molecule has 3 nitrogen and oxygen atoms in total. The van der Waals surface area contributed by atoms with Crippen molar-refractivity contribution in [3.8, 4) is 0 Å². The van der Waals surface area contributed by atoms with Gasteiger partial charge in [-0.05, 0) is 57.3 Å². The summed E-state index contributed by atoms with van der Waals surface area (Å²) in [6.45, 7) is 2.34. The van der Waals surface area contributed by atoms with Crippen LogP contribution in [0.2, 0.25) is 0 Å². The topological polar surface area (TPSA) is 37.8 Å². The van der Waals surface area contributed by atoms with Crippen LogP contribution in [0.25, 0.3) is 0 Å². The molecule has 2 aliphatic carbocycles. The summed E-state index contributed by atoms with van der Waals surface area (Å²) in [6, 6.07) is 0. The van der Waals surface area contributed by atoms with Crippen molar-refractivity contribution in [2.24, 2.45) is 5.92 Å². The lowest BCUT2D eigenvalue weighted by Gasteiger charge is -2.39. The molecule has 3 rings (SSSR count). The van der Waals surface area contributed by atoms with Gasteiger partial charge in [-0.3, -0.25) is 0 Å². The van der Waals surface area contributed by atoms with E-state index in [4.69, 9.17) is 11.6 Å². The maximum absolute atomic E-state index is 6.31. The van der Waals surface area contributed by atoms with Crippen molar-refractivity contribution in [3.63, 3.8) is 0 Å². The van der Waals surface area contributed by atoms with Gasteiger partial charge in [-0.25, -0.2) is 9.97 Å². The summed E-state index contributed by atoms with van der Waals surface area (Å²) in [5, 5.41) is 3.71. The fraction of sp³-hybridized carbons (Fsp3) is 0.750. The molecule has 4 heteroatoms. The molecule has 1 aromatic rings. The average molecular weight is 294 g/mol. The van der Waals surface area contributed by atoms with Crippen molar-refractivity contribution >= 4 is 17.4 Å². The van der Waals surface area contributed by atoms with Gasteiger partial charge in [0.15, 0.2) is 0 Å². The second kappa shape index (κ2) is 5.88. The Hall–Kier alpha value is -0.830. The zero-order chi connectivity index (χ0) is 14.0. The third-order valence-corrected chi connectivity index (χ3v) is 5.51. The van der Waals surface area contributed by atoms with Gasteiger partial charge in [-0.2, -0.15) is 0 Å². The Labute approximate surface area is 126 Å². The van der Waals surface area contributed by atoms with Crippen LogP contribution in [0.15, 0.2) is 6.33 Å². The molecule has 0 unspecified atom stereocenters. The molecule has 1 N–H and O–H groups in total. The van der Waals surface area contributed by atoms with Gasteiger partial charge in [0.1, 0.15) is 12.1 Å². The largest absolute Gasteiger partial charge is 0.363 e. The zero-order valence-electron chi connectivity index (χ0n) is 12.3. The van der Waals surface area contributed by atoms with Gasteiger partial charge < -0.3 is 5.32 Å². The zero-order valence-corrected chi connectivity index (χ0v) is 13.0. The number of fused-ring (bicyclic) bond motifs is 1. The van der Waals surface area contributed by atoms with Gasteiger partial charge in [-0.15, -0.1) is 11.6 Å². The Morgan fingerprint density at radius 3 is 2.75 bits per heavy atom. The molecule has 1 heterocycles. The van der Waals surface area contributed by atoms with Crippen LogP contribution >= 0.6 is 11.6 Å². The standard InChI is InChI=1S/C16H24ClN3/c1-12-6-8-16(10-17,9-7-12)20-15-13-4-2-3-5-14(13)18-11-19-15/h11-12H,2-10H2,1H3,(H,18,19,20). The molecular weight excluding hydrogens is 270 g/mol. The monoisotopic (exact) mass is 293 g/mol. The van der Waals surface area contributed by atoms with Crippen LogP contribution in [0.4, 0.5) is 5.82 Å². The van der Waals surface area contributed by atoms with E-state index >= 15 is 0 Å². The Kier molecular flexibility index (Phi) is 4.16. The lowest BCUT2D eigenvalue weighted by Crippen LogP contribution is -2.44. The molecule has 0 atom stereocenters. The molecule has 0 amide bonds. The van der Waals surface area contributed by atoms with E-state index < -0.39 is 0 Å². The molecule has 0 aromatic carbocycles. The van der Waals surface area contributed by atoms with Crippen molar-refractivity contribution in [1.82, 2.24) is 9.97 Å². The summed E-state index contributed by atoms with van der Waals surface area (Å²) in [6.07, 6.45) is 11.2. The molecule has 1 fully saturated rings. The summed E-state index contributed by atoms with van der Waals surface area (Å²) < 4.78 is 0. The highest BCUT2D eigenvalue weighted by molar-refractivity contribution is 6.18. The SMILES string of the molecule is CC1CCC(CCl)(Nc2ncnc3c2CCCC3)CC1. The number of anilines is 1. The Bertz CT molecular complexity index is 467. The number of aromatic nitrogens is 2. The molecule has 0 bridgehead atoms. The first-order valence-electron chi connectivity index (χ1n) is 7.89. The molecule has 1 saturated carbocycles. The van der Waals surface area contributed by atoms with Gasteiger partial charge in [0.05, 0.1) is 5.54 Å². The highest BCUT2D eigenvalue weighted by Gasteiger charge is 2.34.